The van der Waals surface area contributed by atoms with Crippen LogP contribution in [-0.4, -0.2) is 27.5 Å². The number of aromatic nitrogens is 2. The van der Waals surface area contributed by atoms with E-state index >= 15 is 0 Å². The van der Waals surface area contributed by atoms with E-state index in [0.717, 1.165) is 29.6 Å². The zero-order valence-electron chi connectivity index (χ0n) is 15.1. The van der Waals surface area contributed by atoms with Crippen molar-refractivity contribution >= 4 is 41.8 Å². The van der Waals surface area contributed by atoms with Crippen molar-refractivity contribution in [2.45, 2.75) is 25.3 Å². The SMILES string of the molecule is CC(CN)(NC(=O)c1ccc(-n2cnc3ccccc32)cc1)C1CC1.Cl.Cl. The second-order valence-corrected chi connectivity index (χ2v) is 7.00. The van der Waals surface area contributed by atoms with E-state index in [2.05, 4.69) is 10.3 Å². The summed E-state index contributed by atoms with van der Waals surface area (Å²) in [5.74, 6) is 0.430. The van der Waals surface area contributed by atoms with Gasteiger partial charge in [0.25, 0.3) is 5.91 Å². The zero-order valence-corrected chi connectivity index (χ0v) is 16.7. The van der Waals surface area contributed by atoms with Gasteiger partial charge in [-0.2, -0.15) is 0 Å². The second kappa shape index (κ2) is 8.30. The number of nitrogens with two attached hydrogens (primary N) is 1. The number of nitrogens with one attached hydrogen (secondary N) is 1. The number of hydrogen-bond donors (Lipinski definition) is 2. The highest BCUT2D eigenvalue weighted by Crippen LogP contribution is 2.39. The lowest BCUT2D eigenvalue weighted by Crippen LogP contribution is -2.53. The van der Waals surface area contributed by atoms with Gasteiger partial charge in [-0.15, -0.1) is 24.8 Å². The summed E-state index contributed by atoms with van der Waals surface area (Å²) in [5.41, 5.74) is 9.21. The van der Waals surface area contributed by atoms with Crippen molar-refractivity contribution in [3.63, 3.8) is 0 Å². The average Bonchev–Trinajstić information content (AvgIpc) is 3.42. The van der Waals surface area contributed by atoms with E-state index in [4.69, 9.17) is 5.73 Å². The molecule has 1 heterocycles. The Morgan fingerprint density at radius 3 is 2.48 bits per heavy atom. The number of rotatable bonds is 5. The summed E-state index contributed by atoms with van der Waals surface area (Å²) in [7, 11) is 0. The summed E-state index contributed by atoms with van der Waals surface area (Å²) in [6.07, 6.45) is 4.08. The minimum Gasteiger partial charge on any atom is -0.345 e. The van der Waals surface area contributed by atoms with Crippen LogP contribution in [0.4, 0.5) is 0 Å². The fraction of sp³-hybridized carbons (Fsp3) is 0.300. The standard InChI is InChI=1S/C20H22N4O.2ClH/c1-20(12-21,15-8-9-15)23-19(25)14-6-10-16(11-7-14)24-13-22-17-4-2-3-5-18(17)24;;/h2-7,10-11,13,15H,8-9,12,21H2,1H3,(H,23,25);2*1H. The van der Waals surface area contributed by atoms with E-state index in [0.29, 0.717) is 18.0 Å². The largest absolute Gasteiger partial charge is 0.345 e. The summed E-state index contributed by atoms with van der Waals surface area (Å²) in [5, 5.41) is 3.12. The molecule has 1 aromatic heterocycles. The normalized spacial score (nSPS) is 15.3. The average molecular weight is 407 g/mol. The highest BCUT2D eigenvalue weighted by atomic mass is 35.5. The molecular weight excluding hydrogens is 383 g/mol. The number of fused-ring (bicyclic) bond motifs is 1. The van der Waals surface area contributed by atoms with Crippen molar-refractivity contribution in [1.82, 2.24) is 14.9 Å². The molecule has 0 aliphatic heterocycles. The van der Waals surface area contributed by atoms with Gasteiger partial charge in [0, 0.05) is 17.8 Å². The number of halogens is 2. The molecule has 27 heavy (non-hydrogen) atoms. The van der Waals surface area contributed by atoms with E-state index in [1.54, 1.807) is 6.33 Å². The Balaban J connectivity index is 0.00000131. The molecule has 0 radical (unpaired) electrons. The highest BCUT2D eigenvalue weighted by Gasteiger charge is 2.41. The van der Waals surface area contributed by atoms with Gasteiger partial charge in [0.1, 0.15) is 6.33 Å². The third-order valence-electron chi connectivity index (χ3n) is 5.16. The quantitative estimate of drug-likeness (QED) is 0.677. The topological polar surface area (TPSA) is 72.9 Å². The first-order valence-corrected chi connectivity index (χ1v) is 8.66. The van der Waals surface area contributed by atoms with Gasteiger partial charge in [0.05, 0.1) is 16.6 Å². The van der Waals surface area contributed by atoms with Crippen LogP contribution in [0.15, 0.2) is 54.9 Å². The maximum Gasteiger partial charge on any atom is 0.251 e. The summed E-state index contributed by atoms with van der Waals surface area (Å²) >= 11 is 0. The molecule has 3 aromatic rings. The van der Waals surface area contributed by atoms with Crippen LogP contribution in [0.3, 0.4) is 0 Å². The van der Waals surface area contributed by atoms with Crippen LogP contribution in [-0.2, 0) is 0 Å². The maximum atomic E-state index is 12.6. The Kier molecular flexibility index (Phi) is 6.52. The third-order valence-corrected chi connectivity index (χ3v) is 5.16. The predicted octanol–water partition coefficient (Wildman–Crippen LogP) is 3.73. The molecule has 144 valence electrons. The van der Waals surface area contributed by atoms with Gasteiger partial charge in [-0.25, -0.2) is 4.98 Å². The molecule has 0 bridgehead atoms. The van der Waals surface area contributed by atoms with E-state index in [1.165, 1.54) is 0 Å². The lowest BCUT2D eigenvalue weighted by atomic mass is 9.95. The molecule has 2 aromatic carbocycles. The molecule has 1 amide bonds. The first-order chi connectivity index (χ1) is 12.1. The molecule has 4 rings (SSSR count). The number of hydrogen-bond acceptors (Lipinski definition) is 3. The number of para-hydroxylation sites is 2. The number of nitrogens with zero attached hydrogens (tertiary/aromatic N) is 2. The van der Waals surface area contributed by atoms with Crippen LogP contribution in [0.5, 0.6) is 0 Å². The van der Waals surface area contributed by atoms with E-state index in [9.17, 15) is 4.79 Å². The monoisotopic (exact) mass is 406 g/mol. The predicted molar refractivity (Wildman–Crippen MR) is 113 cm³/mol. The van der Waals surface area contributed by atoms with Gasteiger partial charge in [-0.1, -0.05) is 12.1 Å². The molecule has 1 atom stereocenters. The lowest BCUT2D eigenvalue weighted by molar-refractivity contribution is 0.0898. The first kappa shape index (κ1) is 21.2. The molecule has 5 nitrogen and oxygen atoms in total. The fourth-order valence-corrected chi connectivity index (χ4v) is 3.31. The third kappa shape index (κ3) is 4.10. The Hall–Kier alpha value is -2.08. The van der Waals surface area contributed by atoms with Crippen LogP contribution < -0.4 is 11.1 Å². The molecule has 1 aliphatic rings. The Morgan fingerprint density at radius 1 is 1.19 bits per heavy atom. The Morgan fingerprint density at radius 2 is 1.85 bits per heavy atom. The van der Waals surface area contributed by atoms with Crippen molar-refractivity contribution in [2.24, 2.45) is 11.7 Å². The van der Waals surface area contributed by atoms with E-state index in [-0.39, 0.29) is 36.3 Å². The van der Waals surface area contributed by atoms with Gasteiger partial charge in [-0.3, -0.25) is 9.36 Å². The van der Waals surface area contributed by atoms with E-state index < -0.39 is 0 Å². The van der Waals surface area contributed by atoms with Gasteiger partial charge in [0.15, 0.2) is 0 Å². The molecule has 1 unspecified atom stereocenters. The van der Waals surface area contributed by atoms with Crippen LogP contribution in [0.1, 0.15) is 30.1 Å². The van der Waals surface area contributed by atoms with Crippen LogP contribution in [0.2, 0.25) is 0 Å². The number of carbonyl (C=O) groups excluding carboxylic acids is 1. The lowest BCUT2D eigenvalue weighted by Gasteiger charge is -2.29. The summed E-state index contributed by atoms with van der Waals surface area (Å²) in [4.78, 5) is 17.0. The van der Waals surface area contributed by atoms with Crippen molar-refractivity contribution < 1.29 is 4.79 Å². The summed E-state index contributed by atoms with van der Waals surface area (Å²) in [6.45, 7) is 2.50. The molecular formula is C20H24Cl2N4O. The number of benzene rings is 2. The summed E-state index contributed by atoms with van der Waals surface area (Å²) < 4.78 is 2.02. The van der Waals surface area contributed by atoms with Crippen LogP contribution in [0.25, 0.3) is 16.7 Å². The van der Waals surface area contributed by atoms with Gasteiger partial charge in [-0.05, 0) is 62.1 Å². The molecule has 0 saturated heterocycles. The molecule has 7 heteroatoms. The van der Waals surface area contributed by atoms with Gasteiger partial charge >= 0.3 is 0 Å². The van der Waals surface area contributed by atoms with Crippen molar-refractivity contribution in [2.75, 3.05) is 6.54 Å². The smallest absolute Gasteiger partial charge is 0.251 e. The number of amides is 1. The Labute approximate surface area is 171 Å². The molecule has 1 saturated carbocycles. The molecule has 1 fully saturated rings. The van der Waals surface area contributed by atoms with Crippen LogP contribution in [0, 0.1) is 5.92 Å². The van der Waals surface area contributed by atoms with Crippen molar-refractivity contribution in [3.05, 3.63) is 60.4 Å². The summed E-state index contributed by atoms with van der Waals surface area (Å²) in [6, 6.07) is 15.6. The van der Waals surface area contributed by atoms with Crippen LogP contribution >= 0.6 is 24.8 Å². The maximum absolute atomic E-state index is 12.6. The van der Waals surface area contributed by atoms with E-state index in [1.807, 2.05) is 60.0 Å². The van der Waals surface area contributed by atoms with Gasteiger partial charge in [0.2, 0.25) is 0 Å². The minimum absolute atomic E-state index is 0. The molecule has 0 spiro atoms. The van der Waals surface area contributed by atoms with Crippen molar-refractivity contribution in [3.8, 4) is 5.69 Å². The number of carbonyl (C=O) groups is 1. The zero-order chi connectivity index (χ0) is 17.4. The van der Waals surface area contributed by atoms with Crippen molar-refractivity contribution in [1.29, 1.82) is 0 Å². The molecule has 1 aliphatic carbocycles. The Bertz CT molecular complexity index is 921. The highest BCUT2D eigenvalue weighted by molar-refractivity contribution is 5.95. The minimum atomic E-state index is -0.309. The molecule has 3 N–H and O–H groups in total. The first-order valence-electron chi connectivity index (χ1n) is 8.66. The number of imidazole rings is 1. The fourth-order valence-electron chi connectivity index (χ4n) is 3.31. The second-order valence-electron chi connectivity index (χ2n) is 7.00. The van der Waals surface area contributed by atoms with Gasteiger partial charge < -0.3 is 11.1 Å².